The fourth-order valence-corrected chi connectivity index (χ4v) is 2.57. The Kier molecular flexibility index (Phi) is 2.98. The Balaban J connectivity index is 3.28. The van der Waals surface area contributed by atoms with Crippen molar-refractivity contribution in [2.75, 3.05) is 0 Å². The summed E-state index contributed by atoms with van der Waals surface area (Å²) in [5.41, 5.74) is 0. The first kappa shape index (κ1) is 8.78. The van der Waals surface area contributed by atoms with Gasteiger partial charge in [0.25, 0.3) is 0 Å². The summed E-state index contributed by atoms with van der Waals surface area (Å²) in [6, 6.07) is 3.95. The van der Waals surface area contributed by atoms with Crippen molar-refractivity contribution in [2.45, 2.75) is 0 Å². The molecule has 0 amide bonds. The Morgan fingerprint density at radius 1 is 1.20 bits per heavy atom. The van der Waals surface area contributed by atoms with Gasteiger partial charge in [0.1, 0.15) is 0 Å². The monoisotopic (exact) mass is 298 g/mol. The standard InChI is InChI=1S/C6H5Br2ClSi/c7-3-1-5(9)6(10)2-4(3)8/h1-2H,10H3. The van der Waals surface area contributed by atoms with E-state index >= 15 is 0 Å². The number of benzene rings is 1. The molecule has 0 saturated heterocycles. The second kappa shape index (κ2) is 3.39. The molecular formula is C6H5Br2ClSi. The second-order valence-corrected chi connectivity index (χ2v) is 5.21. The lowest BCUT2D eigenvalue weighted by Gasteiger charge is -1.99. The maximum atomic E-state index is 5.87. The van der Waals surface area contributed by atoms with Gasteiger partial charge in [0, 0.05) is 24.2 Å². The largest absolute Gasteiger partial charge is 0.0845 e. The van der Waals surface area contributed by atoms with E-state index in [0.29, 0.717) is 0 Å². The summed E-state index contributed by atoms with van der Waals surface area (Å²) in [4.78, 5) is 0. The predicted octanol–water partition coefficient (Wildman–Crippen LogP) is 1.86. The van der Waals surface area contributed by atoms with Crippen molar-refractivity contribution in [3.8, 4) is 0 Å². The fourth-order valence-electron chi connectivity index (χ4n) is 0.622. The molecule has 10 heavy (non-hydrogen) atoms. The Morgan fingerprint density at radius 2 is 1.70 bits per heavy atom. The van der Waals surface area contributed by atoms with Gasteiger partial charge in [0.05, 0.1) is 0 Å². The third kappa shape index (κ3) is 1.84. The highest BCUT2D eigenvalue weighted by atomic mass is 79.9. The molecule has 0 nitrogen and oxygen atoms in total. The number of rotatable bonds is 0. The van der Waals surface area contributed by atoms with E-state index < -0.39 is 0 Å². The number of hydrogen-bond donors (Lipinski definition) is 0. The van der Waals surface area contributed by atoms with Crippen molar-refractivity contribution in [1.29, 1.82) is 0 Å². The van der Waals surface area contributed by atoms with Crippen LogP contribution >= 0.6 is 43.5 Å². The highest BCUT2D eigenvalue weighted by Crippen LogP contribution is 2.24. The molecule has 0 aromatic heterocycles. The second-order valence-electron chi connectivity index (χ2n) is 2.02. The fraction of sp³-hybridized carbons (Fsp3) is 0. The molecule has 54 valence electrons. The molecule has 4 heteroatoms. The first-order chi connectivity index (χ1) is 4.61. The van der Waals surface area contributed by atoms with E-state index in [1.165, 1.54) is 5.19 Å². The molecule has 0 aliphatic rings. The van der Waals surface area contributed by atoms with Crippen LogP contribution in [0.25, 0.3) is 0 Å². The van der Waals surface area contributed by atoms with E-state index in [0.717, 1.165) is 24.2 Å². The van der Waals surface area contributed by atoms with Crippen molar-refractivity contribution in [3.63, 3.8) is 0 Å². The number of halogens is 3. The molecule has 0 aliphatic heterocycles. The lowest BCUT2D eigenvalue weighted by atomic mass is 10.4. The van der Waals surface area contributed by atoms with Gasteiger partial charge in [-0.05, 0) is 44.0 Å². The van der Waals surface area contributed by atoms with Crippen molar-refractivity contribution in [3.05, 3.63) is 26.1 Å². The number of hydrogen-bond acceptors (Lipinski definition) is 0. The molecule has 0 fully saturated rings. The van der Waals surface area contributed by atoms with Crippen LogP contribution < -0.4 is 5.19 Å². The van der Waals surface area contributed by atoms with Gasteiger partial charge in [-0.1, -0.05) is 16.8 Å². The van der Waals surface area contributed by atoms with Crippen LogP contribution in [0.5, 0.6) is 0 Å². The maximum Gasteiger partial charge on any atom is 0.0405 e. The first-order valence-electron chi connectivity index (χ1n) is 2.72. The Hall–Kier alpha value is 0.687. The highest BCUT2D eigenvalue weighted by molar-refractivity contribution is 9.13. The Bertz CT molecular complexity index is 212. The van der Waals surface area contributed by atoms with Crippen LogP contribution in [0, 0.1) is 0 Å². The topological polar surface area (TPSA) is 0 Å². The lowest BCUT2D eigenvalue weighted by Crippen LogP contribution is -2.02. The lowest BCUT2D eigenvalue weighted by molar-refractivity contribution is 1.63. The van der Waals surface area contributed by atoms with Crippen LogP contribution in [0.2, 0.25) is 5.02 Å². The van der Waals surface area contributed by atoms with Gasteiger partial charge in [0.2, 0.25) is 0 Å². The summed E-state index contributed by atoms with van der Waals surface area (Å²) >= 11 is 12.6. The van der Waals surface area contributed by atoms with Gasteiger partial charge in [-0.25, -0.2) is 0 Å². The minimum atomic E-state index is 0.849. The van der Waals surface area contributed by atoms with Crippen molar-refractivity contribution >= 4 is 58.9 Å². The van der Waals surface area contributed by atoms with Crippen molar-refractivity contribution in [1.82, 2.24) is 0 Å². The quantitative estimate of drug-likeness (QED) is 0.507. The summed E-state index contributed by atoms with van der Waals surface area (Å²) in [7, 11) is 0.990. The average Bonchev–Trinajstić information content (AvgIpc) is 1.84. The average molecular weight is 300 g/mol. The van der Waals surface area contributed by atoms with E-state index in [9.17, 15) is 0 Å². The van der Waals surface area contributed by atoms with E-state index in [1.807, 2.05) is 12.1 Å². The van der Waals surface area contributed by atoms with Gasteiger partial charge in [-0.2, -0.15) is 0 Å². The molecule has 0 aliphatic carbocycles. The molecular weight excluding hydrogens is 295 g/mol. The predicted molar refractivity (Wildman–Crippen MR) is 56.4 cm³/mol. The van der Waals surface area contributed by atoms with E-state index in [2.05, 4.69) is 31.9 Å². The Labute approximate surface area is 84.6 Å². The molecule has 0 atom stereocenters. The van der Waals surface area contributed by atoms with Crippen molar-refractivity contribution < 1.29 is 0 Å². The maximum absolute atomic E-state index is 5.87. The molecule has 0 spiro atoms. The van der Waals surface area contributed by atoms with E-state index in [-0.39, 0.29) is 0 Å². The minimum Gasteiger partial charge on any atom is -0.0845 e. The molecule has 0 bridgehead atoms. The van der Waals surface area contributed by atoms with Crippen LogP contribution in [-0.2, 0) is 0 Å². The molecule has 0 N–H and O–H groups in total. The summed E-state index contributed by atoms with van der Waals surface area (Å²) in [6.07, 6.45) is 0. The molecule has 0 unspecified atom stereocenters. The van der Waals surface area contributed by atoms with E-state index in [4.69, 9.17) is 11.6 Å². The molecule has 1 rings (SSSR count). The van der Waals surface area contributed by atoms with Crippen LogP contribution in [0.3, 0.4) is 0 Å². The van der Waals surface area contributed by atoms with Gasteiger partial charge < -0.3 is 0 Å². The van der Waals surface area contributed by atoms with Crippen LogP contribution in [0.4, 0.5) is 0 Å². The van der Waals surface area contributed by atoms with Gasteiger partial charge in [0.15, 0.2) is 0 Å². The normalized spacial score (nSPS) is 10.3. The zero-order valence-corrected chi connectivity index (χ0v) is 11.2. The zero-order valence-electron chi connectivity index (χ0n) is 5.29. The van der Waals surface area contributed by atoms with Crippen LogP contribution in [0.1, 0.15) is 0 Å². The summed E-state index contributed by atoms with van der Waals surface area (Å²) in [6.45, 7) is 0. The van der Waals surface area contributed by atoms with Crippen molar-refractivity contribution in [2.24, 2.45) is 0 Å². The Morgan fingerprint density at radius 3 is 2.20 bits per heavy atom. The zero-order chi connectivity index (χ0) is 7.72. The smallest absolute Gasteiger partial charge is 0.0405 e. The molecule has 1 aromatic rings. The van der Waals surface area contributed by atoms with Gasteiger partial charge in [-0.3, -0.25) is 0 Å². The summed E-state index contributed by atoms with van der Waals surface area (Å²) < 4.78 is 2.08. The van der Waals surface area contributed by atoms with E-state index in [1.54, 1.807) is 0 Å². The summed E-state index contributed by atoms with van der Waals surface area (Å²) in [5, 5.41) is 2.07. The minimum absolute atomic E-state index is 0.849. The summed E-state index contributed by atoms with van der Waals surface area (Å²) in [5.74, 6) is 0. The van der Waals surface area contributed by atoms with Crippen LogP contribution in [-0.4, -0.2) is 10.2 Å². The molecule has 0 saturated carbocycles. The first-order valence-corrected chi connectivity index (χ1v) is 5.69. The SMILES string of the molecule is [SiH3]c1cc(Br)c(Br)cc1Cl. The highest BCUT2D eigenvalue weighted by Gasteiger charge is 1.99. The molecule has 0 heterocycles. The third-order valence-electron chi connectivity index (χ3n) is 1.20. The van der Waals surface area contributed by atoms with Gasteiger partial charge in [-0.15, -0.1) is 0 Å². The van der Waals surface area contributed by atoms with Crippen LogP contribution in [0.15, 0.2) is 21.1 Å². The van der Waals surface area contributed by atoms with Gasteiger partial charge >= 0.3 is 0 Å². The molecule has 1 aromatic carbocycles. The third-order valence-corrected chi connectivity index (χ3v) is 4.60. The molecule has 0 radical (unpaired) electrons.